The molecule has 0 aromatic heterocycles. The predicted octanol–water partition coefficient (Wildman–Crippen LogP) is 1.62. The van der Waals surface area contributed by atoms with Gasteiger partial charge >= 0.3 is 11.9 Å². The third-order valence-corrected chi connectivity index (χ3v) is 2.38. The van der Waals surface area contributed by atoms with Crippen LogP contribution in [-0.2, 0) is 19.1 Å². The second-order valence-electron chi connectivity index (χ2n) is 3.66. The lowest BCUT2D eigenvalue weighted by Gasteiger charge is -2.11. The standard InChI is InChI=1S/C13H13F2NO5/c1-19-11-5-9(7(14)4-8(11)15)16-10(13(18)21-3)6-12(17)20-2/h4-6,16H,1-3H3/b10-6+. The monoisotopic (exact) mass is 301 g/mol. The van der Waals surface area contributed by atoms with Crippen LogP contribution in [0.3, 0.4) is 0 Å². The highest BCUT2D eigenvalue weighted by Crippen LogP contribution is 2.26. The van der Waals surface area contributed by atoms with Crippen molar-refractivity contribution < 1.29 is 32.6 Å². The van der Waals surface area contributed by atoms with Crippen LogP contribution < -0.4 is 10.1 Å². The molecule has 0 fully saturated rings. The van der Waals surface area contributed by atoms with Gasteiger partial charge in [0.05, 0.1) is 33.1 Å². The summed E-state index contributed by atoms with van der Waals surface area (Å²) in [6, 6.07) is 1.58. The number of carbonyl (C=O) groups excluding carboxylic acids is 2. The van der Waals surface area contributed by atoms with Gasteiger partial charge in [-0.25, -0.2) is 18.4 Å². The van der Waals surface area contributed by atoms with Crippen LogP contribution in [0, 0.1) is 11.6 Å². The zero-order valence-electron chi connectivity index (χ0n) is 11.5. The number of anilines is 1. The Bertz CT molecular complexity index is 586. The van der Waals surface area contributed by atoms with E-state index in [4.69, 9.17) is 4.74 Å². The molecule has 1 aromatic carbocycles. The molecule has 0 amide bonds. The Morgan fingerprint density at radius 3 is 2.29 bits per heavy atom. The lowest BCUT2D eigenvalue weighted by atomic mass is 10.2. The van der Waals surface area contributed by atoms with Crippen molar-refractivity contribution in [1.82, 2.24) is 0 Å². The number of carbonyl (C=O) groups is 2. The Morgan fingerprint density at radius 1 is 1.10 bits per heavy atom. The molecule has 0 aliphatic rings. The van der Waals surface area contributed by atoms with Crippen molar-refractivity contribution in [3.63, 3.8) is 0 Å². The van der Waals surface area contributed by atoms with E-state index in [1.165, 1.54) is 7.11 Å². The first-order valence-corrected chi connectivity index (χ1v) is 5.61. The zero-order chi connectivity index (χ0) is 16.0. The predicted molar refractivity (Wildman–Crippen MR) is 68.6 cm³/mol. The first-order valence-electron chi connectivity index (χ1n) is 5.61. The van der Waals surface area contributed by atoms with Crippen molar-refractivity contribution in [2.45, 2.75) is 0 Å². The summed E-state index contributed by atoms with van der Waals surface area (Å²) >= 11 is 0. The van der Waals surface area contributed by atoms with Crippen molar-refractivity contribution in [2.75, 3.05) is 26.6 Å². The SMILES string of the molecule is COC(=O)/C=C(/Nc1cc(OC)c(F)cc1F)C(=O)OC. The maximum atomic E-state index is 13.7. The second kappa shape index (κ2) is 7.22. The quantitative estimate of drug-likeness (QED) is 0.658. The summed E-state index contributed by atoms with van der Waals surface area (Å²) in [7, 11) is 3.39. The van der Waals surface area contributed by atoms with Crippen molar-refractivity contribution in [2.24, 2.45) is 0 Å². The van der Waals surface area contributed by atoms with Crippen LogP contribution >= 0.6 is 0 Å². The Labute approximate surface area is 119 Å². The molecule has 0 unspecified atom stereocenters. The zero-order valence-corrected chi connectivity index (χ0v) is 11.5. The highest BCUT2D eigenvalue weighted by molar-refractivity contribution is 5.98. The van der Waals surface area contributed by atoms with E-state index in [9.17, 15) is 18.4 Å². The van der Waals surface area contributed by atoms with Gasteiger partial charge in [-0.2, -0.15) is 0 Å². The average Bonchev–Trinajstić information content (AvgIpc) is 2.47. The molecule has 0 aliphatic heterocycles. The number of methoxy groups -OCH3 is 3. The number of halogens is 2. The number of hydrogen-bond donors (Lipinski definition) is 1. The summed E-state index contributed by atoms with van der Waals surface area (Å²) in [6.07, 6.45) is 0.779. The fraction of sp³-hybridized carbons (Fsp3) is 0.231. The van der Waals surface area contributed by atoms with Crippen LogP contribution in [0.15, 0.2) is 23.9 Å². The minimum atomic E-state index is -0.979. The molecule has 0 heterocycles. The molecule has 6 nitrogen and oxygen atoms in total. The van der Waals surface area contributed by atoms with E-state index in [0.29, 0.717) is 6.07 Å². The van der Waals surface area contributed by atoms with Gasteiger partial charge in [0.15, 0.2) is 11.6 Å². The van der Waals surface area contributed by atoms with Gasteiger partial charge in [0.25, 0.3) is 0 Å². The molecule has 0 saturated carbocycles. The van der Waals surface area contributed by atoms with Gasteiger partial charge in [-0.1, -0.05) is 0 Å². The van der Waals surface area contributed by atoms with E-state index < -0.39 is 23.6 Å². The number of rotatable bonds is 5. The van der Waals surface area contributed by atoms with Gasteiger partial charge in [-0.3, -0.25) is 0 Å². The number of hydrogen-bond acceptors (Lipinski definition) is 6. The molecular formula is C13H13F2NO5. The molecule has 1 aromatic rings. The molecule has 8 heteroatoms. The molecule has 0 radical (unpaired) electrons. The first kappa shape index (κ1) is 16.4. The Kier molecular flexibility index (Phi) is 5.65. The van der Waals surface area contributed by atoms with Crippen LogP contribution in [0.2, 0.25) is 0 Å². The van der Waals surface area contributed by atoms with E-state index in [2.05, 4.69) is 14.8 Å². The third-order valence-electron chi connectivity index (χ3n) is 2.38. The third kappa shape index (κ3) is 4.16. The van der Waals surface area contributed by atoms with Crippen molar-refractivity contribution in [3.05, 3.63) is 35.5 Å². The molecule has 0 spiro atoms. The lowest BCUT2D eigenvalue weighted by Crippen LogP contribution is -2.16. The van der Waals surface area contributed by atoms with Crippen LogP contribution in [0.5, 0.6) is 5.75 Å². The molecule has 0 bridgehead atoms. The molecule has 21 heavy (non-hydrogen) atoms. The summed E-state index contributed by atoms with van der Waals surface area (Å²) in [4.78, 5) is 22.7. The van der Waals surface area contributed by atoms with E-state index in [0.717, 1.165) is 26.4 Å². The van der Waals surface area contributed by atoms with Crippen LogP contribution in [0.4, 0.5) is 14.5 Å². The summed E-state index contributed by atoms with van der Waals surface area (Å²) < 4.78 is 40.5. The smallest absolute Gasteiger partial charge is 0.354 e. The molecule has 0 saturated heterocycles. The largest absolute Gasteiger partial charge is 0.494 e. The Balaban J connectivity index is 3.18. The number of benzene rings is 1. The fourth-order valence-electron chi connectivity index (χ4n) is 1.36. The fourth-order valence-corrected chi connectivity index (χ4v) is 1.36. The summed E-state index contributed by atoms with van der Waals surface area (Å²) in [5.41, 5.74) is -0.647. The molecule has 1 rings (SSSR count). The maximum Gasteiger partial charge on any atom is 0.354 e. The van der Waals surface area contributed by atoms with Gasteiger partial charge in [-0.15, -0.1) is 0 Å². The molecule has 114 valence electrons. The highest BCUT2D eigenvalue weighted by Gasteiger charge is 2.17. The average molecular weight is 301 g/mol. The minimum absolute atomic E-state index is 0.235. The number of ether oxygens (including phenoxy) is 3. The van der Waals surface area contributed by atoms with Gasteiger partial charge in [0, 0.05) is 12.1 Å². The van der Waals surface area contributed by atoms with Crippen molar-refractivity contribution in [1.29, 1.82) is 0 Å². The van der Waals surface area contributed by atoms with Crippen molar-refractivity contribution >= 4 is 17.6 Å². The Hall–Kier alpha value is -2.64. The van der Waals surface area contributed by atoms with Crippen molar-refractivity contribution in [3.8, 4) is 5.75 Å². The van der Waals surface area contributed by atoms with E-state index in [1.54, 1.807) is 0 Å². The van der Waals surface area contributed by atoms with E-state index in [1.807, 2.05) is 0 Å². The van der Waals surface area contributed by atoms with Crippen LogP contribution in [0.1, 0.15) is 0 Å². The van der Waals surface area contributed by atoms with E-state index >= 15 is 0 Å². The molecular weight excluding hydrogens is 288 g/mol. The lowest BCUT2D eigenvalue weighted by molar-refractivity contribution is -0.138. The number of esters is 2. The van der Waals surface area contributed by atoms with Gasteiger partial charge in [0.2, 0.25) is 0 Å². The second-order valence-corrected chi connectivity index (χ2v) is 3.66. The normalized spacial score (nSPS) is 10.8. The first-order chi connectivity index (χ1) is 9.92. The Morgan fingerprint density at radius 2 is 1.76 bits per heavy atom. The summed E-state index contributed by atoms with van der Waals surface area (Å²) in [5, 5.41) is 2.33. The van der Waals surface area contributed by atoms with E-state index in [-0.39, 0.29) is 17.1 Å². The maximum absolute atomic E-state index is 13.7. The molecule has 0 atom stereocenters. The number of nitrogens with one attached hydrogen (secondary N) is 1. The minimum Gasteiger partial charge on any atom is -0.494 e. The highest BCUT2D eigenvalue weighted by atomic mass is 19.1. The van der Waals surface area contributed by atoms with Crippen LogP contribution in [-0.4, -0.2) is 33.3 Å². The van der Waals surface area contributed by atoms with Gasteiger partial charge in [-0.05, 0) is 0 Å². The summed E-state index contributed by atoms with van der Waals surface area (Å²) in [5.74, 6) is -3.90. The van der Waals surface area contributed by atoms with Crippen LogP contribution in [0.25, 0.3) is 0 Å². The molecule has 0 aliphatic carbocycles. The topological polar surface area (TPSA) is 73.9 Å². The van der Waals surface area contributed by atoms with Gasteiger partial charge < -0.3 is 19.5 Å². The van der Waals surface area contributed by atoms with Gasteiger partial charge in [0.1, 0.15) is 11.5 Å². The molecule has 1 N–H and O–H groups in total. The summed E-state index contributed by atoms with van der Waals surface area (Å²) in [6.45, 7) is 0.